The molecule has 0 aliphatic rings. The van der Waals surface area contributed by atoms with Gasteiger partial charge in [0.2, 0.25) is 0 Å². The molecule has 0 spiro atoms. The Labute approximate surface area is 179 Å². The van der Waals surface area contributed by atoms with Crippen LogP contribution in [0.1, 0.15) is 23.6 Å². The molecule has 0 heterocycles. The second kappa shape index (κ2) is 9.21. The summed E-state index contributed by atoms with van der Waals surface area (Å²) in [7, 11) is 0. The lowest BCUT2D eigenvalue weighted by Crippen LogP contribution is -2.25. The fourth-order valence-corrected chi connectivity index (χ4v) is 3.35. The van der Waals surface area contributed by atoms with Gasteiger partial charge in [0.05, 0.1) is 0 Å². The van der Waals surface area contributed by atoms with Gasteiger partial charge in [-0.05, 0) is 47.9 Å². The summed E-state index contributed by atoms with van der Waals surface area (Å²) in [6, 6.07) is 20.7. The van der Waals surface area contributed by atoms with Gasteiger partial charge in [-0.3, -0.25) is 0 Å². The largest absolute Gasteiger partial charge is 0.872 e. The van der Waals surface area contributed by atoms with Gasteiger partial charge in [0.25, 0.3) is 0 Å². The van der Waals surface area contributed by atoms with Crippen LogP contribution in [-0.4, -0.2) is 35.4 Å². The molecule has 0 atom stereocenters. The van der Waals surface area contributed by atoms with E-state index in [1.807, 2.05) is 31.2 Å². The summed E-state index contributed by atoms with van der Waals surface area (Å²) < 4.78 is 10.4. The summed E-state index contributed by atoms with van der Waals surface area (Å²) in [5, 5.41) is 29.2. The lowest BCUT2D eigenvalue weighted by molar-refractivity contribution is -0.268. The van der Waals surface area contributed by atoms with Crippen molar-refractivity contribution in [1.82, 2.24) is 0 Å². The smallest absolute Gasteiger partial charge is 0.341 e. The van der Waals surface area contributed by atoms with Gasteiger partial charge in [0.15, 0.2) is 13.2 Å². The first-order valence-electron chi connectivity index (χ1n) is 9.47. The molecular weight excluding hydrogens is 400 g/mol. The van der Waals surface area contributed by atoms with Crippen molar-refractivity contribution in [2.24, 2.45) is 0 Å². The molecule has 7 heteroatoms. The minimum Gasteiger partial charge on any atom is -0.872 e. The Balaban J connectivity index is 1.99. The minimum absolute atomic E-state index is 0.0964. The number of benzene rings is 3. The van der Waals surface area contributed by atoms with E-state index in [1.165, 1.54) is 12.1 Å². The maximum Gasteiger partial charge on any atom is 0.341 e. The van der Waals surface area contributed by atoms with Crippen LogP contribution < -0.4 is 14.6 Å². The molecule has 2 N–H and O–H groups in total. The number of carbonyl (C=O) groups is 2. The van der Waals surface area contributed by atoms with E-state index in [0.717, 1.165) is 16.7 Å². The molecular formula is C24H21O7-. The minimum atomic E-state index is -1.06. The van der Waals surface area contributed by atoms with Crippen molar-refractivity contribution >= 4 is 11.9 Å². The van der Waals surface area contributed by atoms with E-state index in [4.69, 9.17) is 19.7 Å². The molecule has 31 heavy (non-hydrogen) atoms. The second-order valence-electron chi connectivity index (χ2n) is 7.06. The summed E-state index contributed by atoms with van der Waals surface area (Å²) in [6.45, 7) is 1.14. The highest BCUT2D eigenvalue weighted by atomic mass is 16.5. The highest BCUT2D eigenvalue weighted by Crippen LogP contribution is 2.40. The lowest BCUT2D eigenvalue weighted by atomic mass is 9.71. The van der Waals surface area contributed by atoms with Gasteiger partial charge in [-0.25, -0.2) is 9.59 Å². The number of rotatable bonds is 9. The molecule has 0 unspecified atom stereocenters. The van der Waals surface area contributed by atoms with Crippen molar-refractivity contribution in [2.45, 2.75) is 12.3 Å². The van der Waals surface area contributed by atoms with Crippen LogP contribution in [-0.2, 0) is 15.0 Å². The zero-order valence-corrected chi connectivity index (χ0v) is 16.8. The number of hydrogen-bond donors (Lipinski definition) is 2. The summed E-state index contributed by atoms with van der Waals surface area (Å²) in [5.41, 5.74) is 2.02. The monoisotopic (exact) mass is 421 g/mol. The van der Waals surface area contributed by atoms with Gasteiger partial charge in [0.1, 0.15) is 11.5 Å². The third-order valence-corrected chi connectivity index (χ3v) is 5.02. The molecule has 0 amide bonds. The van der Waals surface area contributed by atoms with Crippen LogP contribution >= 0.6 is 0 Å². The molecule has 0 saturated heterocycles. The standard InChI is InChI=1S/C24H22O7/c1-24(16-2-8-19(25)9-3-16,17-4-10-20(11-5-17)30-14-22(26)27)18-6-12-21(13-7-18)31-15-23(28)29/h2-13,25H,14-15H2,1H3,(H,26,27)(H,28,29)/p-1. The van der Waals surface area contributed by atoms with Crippen LogP contribution in [0.15, 0.2) is 72.8 Å². The van der Waals surface area contributed by atoms with Gasteiger partial charge in [-0.1, -0.05) is 48.5 Å². The van der Waals surface area contributed by atoms with Crippen LogP contribution in [0.4, 0.5) is 0 Å². The Morgan fingerprint density at radius 2 is 1.03 bits per heavy atom. The molecule has 0 aromatic heterocycles. The number of carboxylic acid groups (broad SMARTS) is 2. The maximum absolute atomic E-state index is 11.6. The van der Waals surface area contributed by atoms with Crippen LogP contribution in [0, 0.1) is 0 Å². The molecule has 3 rings (SSSR count). The van der Waals surface area contributed by atoms with E-state index in [0.29, 0.717) is 11.5 Å². The van der Waals surface area contributed by atoms with Gasteiger partial charge >= 0.3 is 11.9 Å². The average Bonchev–Trinajstić information content (AvgIpc) is 2.77. The normalized spacial score (nSPS) is 11.0. The first-order chi connectivity index (χ1) is 14.8. The third-order valence-electron chi connectivity index (χ3n) is 5.02. The van der Waals surface area contributed by atoms with E-state index in [9.17, 15) is 14.7 Å². The molecule has 7 nitrogen and oxygen atoms in total. The van der Waals surface area contributed by atoms with Crippen molar-refractivity contribution in [1.29, 1.82) is 0 Å². The second-order valence-corrected chi connectivity index (χ2v) is 7.06. The van der Waals surface area contributed by atoms with Crippen molar-refractivity contribution in [3.8, 4) is 17.2 Å². The predicted molar refractivity (Wildman–Crippen MR) is 111 cm³/mol. The molecule has 0 saturated carbocycles. The molecule has 0 bridgehead atoms. The predicted octanol–water partition coefficient (Wildman–Crippen LogP) is 3.04. The quantitative estimate of drug-likeness (QED) is 0.510. The van der Waals surface area contributed by atoms with Gasteiger partial charge in [-0.15, -0.1) is 5.75 Å². The average molecular weight is 421 g/mol. The first kappa shape index (κ1) is 21.7. The van der Waals surface area contributed by atoms with Crippen molar-refractivity contribution in [3.63, 3.8) is 0 Å². The fraction of sp³-hybridized carbons (Fsp3) is 0.167. The molecule has 3 aromatic carbocycles. The summed E-state index contributed by atoms with van der Waals surface area (Å²) in [5.74, 6) is -1.35. The third kappa shape index (κ3) is 5.14. The van der Waals surface area contributed by atoms with Crippen molar-refractivity contribution < 1.29 is 34.4 Å². The number of hydrogen-bond acceptors (Lipinski definition) is 5. The maximum atomic E-state index is 11.6. The van der Waals surface area contributed by atoms with Crippen LogP contribution in [0.3, 0.4) is 0 Å². The SMILES string of the molecule is CC(c1ccc([O-])cc1)(c1ccc(OCC(=O)O)cc1)c1ccc(OCC(=O)O)cc1. The van der Waals surface area contributed by atoms with E-state index >= 15 is 0 Å². The first-order valence-corrected chi connectivity index (χ1v) is 9.47. The summed E-state index contributed by atoms with van der Waals surface area (Å²) in [4.78, 5) is 21.4. The number of aliphatic carboxylic acids is 2. The Morgan fingerprint density at radius 1 is 0.710 bits per heavy atom. The van der Waals surface area contributed by atoms with Gasteiger partial charge in [0, 0.05) is 5.41 Å². The van der Waals surface area contributed by atoms with Gasteiger partial charge < -0.3 is 24.8 Å². The summed E-state index contributed by atoms with van der Waals surface area (Å²) >= 11 is 0. The van der Waals surface area contributed by atoms with E-state index < -0.39 is 30.6 Å². The van der Waals surface area contributed by atoms with Crippen LogP contribution in [0.2, 0.25) is 0 Å². The molecule has 0 aliphatic heterocycles. The van der Waals surface area contributed by atoms with Gasteiger partial charge in [-0.2, -0.15) is 0 Å². The number of ether oxygens (including phenoxy) is 2. The van der Waals surface area contributed by atoms with Crippen LogP contribution in [0.5, 0.6) is 17.2 Å². The van der Waals surface area contributed by atoms with E-state index in [-0.39, 0.29) is 5.75 Å². The molecule has 3 aromatic rings. The summed E-state index contributed by atoms with van der Waals surface area (Å²) in [6.07, 6.45) is 0. The highest BCUT2D eigenvalue weighted by Gasteiger charge is 2.31. The Kier molecular flexibility index (Phi) is 6.45. The molecule has 0 aliphatic carbocycles. The lowest BCUT2D eigenvalue weighted by Gasteiger charge is -2.32. The van der Waals surface area contributed by atoms with Crippen LogP contribution in [0.25, 0.3) is 0 Å². The Hall–Kier alpha value is -4.00. The Bertz CT molecular complexity index is 977. The van der Waals surface area contributed by atoms with Crippen molar-refractivity contribution in [3.05, 3.63) is 89.5 Å². The Morgan fingerprint density at radius 3 is 1.35 bits per heavy atom. The fourth-order valence-electron chi connectivity index (χ4n) is 3.35. The molecule has 160 valence electrons. The van der Waals surface area contributed by atoms with E-state index in [2.05, 4.69) is 0 Å². The highest BCUT2D eigenvalue weighted by molar-refractivity contribution is 5.68. The molecule has 0 radical (unpaired) electrons. The zero-order chi connectivity index (χ0) is 22.4. The molecule has 0 fully saturated rings. The topological polar surface area (TPSA) is 116 Å². The number of carboxylic acids is 2. The zero-order valence-electron chi connectivity index (χ0n) is 16.8. The van der Waals surface area contributed by atoms with E-state index in [1.54, 1.807) is 36.4 Å². The van der Waals surface area contributed by atoms with Crippen molar-refractivity contribution in [2.75, 3.05) is 13.2 Å².